The summed E-state index contributed by atoms with van der Waals surface area (Å²) >= 11 is 0. The van der Waals surface area contributed by atoms with Crippen molar-refractivity contribution in [2.24, 2.45) is 0 Å². The maximum atomic E-state index is 13.3. The van der Waals surface area contributed by atoms with Gasteiger partial charge < -0.3 is 14.6 Å². The molecule has 0 aliphatic carbocycles. The first-order chi connectivity index (χ1) is 16.8. The van der Waals surface area contributed by atoms with E-state index in [1.165, 1.54) is 4.90 Å². The number of Topliss-reactive ketones (excluding diaryl/α,β-unsaturated/α-hetero) is 1. The van der Waals surface area contributed by atoms with Crippen LogP contribution in [0.15, 0.2) is 84.4 Å². The number of ketones is 1. The van der Waals surface area contributed by atoms with Gasteiger partial charge in [-0.2, -0.15) is 0 Å². The van der Waals surface area contributed by atoms with Crippen LogP contribution in [0.5, 0.6) is 11.5 Å². The molecule has 0 saturated carbocycles. The third kappa shape index (κ3) is 5.06. The number of ether oxygens (including phenoxy) is 2. The third-order valence-corrected chi connectivity index (χ3v) is 5.55. The van der Waals surface area contributed by atoms with Crippen molar-refractivity contribution >= 4 is 23.1 Å². The number of hydrogen-bond donors (Lipinski definition) is 1. The van der Waals surface area contributed by atoms with E-state index < -0.39 is 17.7 Å². The van der Waals surface area contributed by atoms with Gasteiger partial charge in [0, 0.05) is 11.3 Å². The minimum absolute atomic E-state index is 0.00768. The Labute approximate surface area is 205 Å². The van der Waals surface area contributed by atoms with E-state index >= 15 is 0 Å². The molecule has 180 valence electrons. The Hall–Kier alpha value is -4.06. The highest BCUT2D eigenvalue weighted by Crippen LogP contribution is 2.42. The molecule has 35 heavy (non-hydrogen) atoms. The molecule has 0 radical (unpaired) electrons. The van der Waals surface area contributed by atoms with Crippen LogP contribution in [-0.4, -0.2) is 29.0 Å². The van der Waals surface area contributed by atoms with E-state index in [2.05, 4.69) is 0 Å². The lowest BCUT2D eigenvalue weighted by atomic mass is 9.95. The quantitative estimate of drug-likeness (QED) is 0.264. The number of carbonyl (C=O) groups is 2. The van der Waals surface area contributed by atoms with Gasteiger partial charge in [-0.1, -0.05) is 30.3 Å². The minimum atomic E-state index is -0.794. The van der Waals surface area contributed by atoms with Gasteiger partial charge in [0.1, 0.15) is 17.3 Å². The molecule has 1 saturated heterocycles. The Morgan fingerprint density at radius 2 is 1.29 bits per heavy atom. The van der Waals surface area contributed by atoms with Gasteiger partial charge in [0.05, 0.1) is 23.8 Å². The molecule has 1 N–H and O–H groups in total. The molecule has 1 aliphatic rings. The molecule has 1 unspecified atom stereocenters. The highest BCUT2D eigenvalue weighted by Gasteiger charge is 2.46. The molecular formula is C29H29NO5. The van der Waals surface area contributed by atoms with E-state index in [1.807, 2.05) is 45.9 Å². The van der Waals surface area contributed by atoms with Crippen molar-refractivity contribution in [2.45, 2.75) is 45.9 Å². The van der Waals surface area contributed by atoms with Gasteiger partial charge in [0.15, 0.2) is 0 Å². The van der Waals surface area contributed by atoms with E-state index in [-0.39, 0.29) is 23.5 Å². The molecule has 0 spiro atoms. The zero-order valence-corrected chi connectivity index (χ0v) is 20.3. The number of hydrogen-bond acceptors (Lipinski definition) is 5. The second kappa shape index (κ2) is 10.1. The zero-order valence-electron chi connectivity index (χ0n) is 20.3. The fourth-order valence-corrected chi connectivity index (χ4v) is 4.12. The van der Waals surface area contributed by atoms with Crippen LogP contribution in [0.25, 0.3) is 5.76 Å². The molecule has 1 atom stereocenters. The number of carbonyl (C=O) groups excluding carboxylic acids is 2. The fourth-order valence-electron chi connectivity index (χ4n) is 4.12. The average molecular weight is 472 g/mol. The third-order valence-electron chi connectivity index (χ3n) is 5.55. The van der Waals surface area contributed by atoms with Crippen LogP contribution in [-0.2, 0) is 9.59 Å². The van der Waals surface area contributed by atoms with Crippen molar-refractivity contribution in [1.82, 2.24) is 0 Å². The Bertz CT molecular complexity index is 1230. The number of para-hydroxylation sites is 1. The van der Waals surface area contributed by atoms with Crippen LogP contribution in [0.4, 0.5) is 5.69 Å². The van der Waals surface area contributed by atoms with Crippen molar-refractivity contribution < 1.29 is 24.2 Å². The first-order valence-electron chi connectivity index (χ1n) is 11.7. The molecule has 1 fully saturated rings. The number of rotatable bonds is 7. The monoisotopic (exact) mass is 471 g/mol. The summed E-state index contributed by atoms with van der Waals surface area (Å²) in [6, 6.07) is 22.3. The number of benzene rings is 3. The number of aliphatic hydroxyl groups is 1. The molecule has 6 heteroatoms. The predicted octanol–water partition coefficient (Wildman–Crippen LogP) is 5.89. The highest BCUT2D eigenvalue weighted by molar-refractivity contribution is 6.51. The summed E-state index contributed by atoms with van der Waals surface area (Å²) in [4.78, 5) is 27.9. The molecular weight excluding hydrogens is 442 g/mol. The molecule has 1 heterocycles. The number of amides is 1. The molecule has 1 aliphatic heterocycles. The molecule has 3 aromatic carbocycles. The van der Waals surface area contributed by atoms with Gasteiger partial charge in [-0.15, -0.1) is 0 Å². The van der Waals surface area contributed by atoms with Crippen LogP contribution < -0.4 is 14.4 Å². The van der Waals surface area contributed by atoms with Crippen molar-refractivity contribution in [1.29, 1.82) is 0 Å². The lowest BCUT2D eigenvalue weighted by Crippen LogP contribution is -2.29. The fraction of sp³-hybridized carbons (Fsp3) is 0.241. The van der Waals surface area contributed by atoms with Crippen LogP contribution >= 0.6 is 0 Å². The highest BCUT2D eigenvalue weighted by atomic mass is 16.5. The van der Waals surface area contributed by atoms with E-state index in [1.54, 1.807) is 60.7 Å². The summed E-state index contributed by atoms with van der Waals surface area (Å²) < 4.78 is 11.4. The summed E-state index contributed by atoms with van der Waals surface area (Å²) in [6.45, 7) is 7.73. The number of nitrogens with zero attached hydrogens (tertiary/aromatic N) is 1. The predicted molar refractivity (Wildman–Crippen MR) is 136 cm³/mol. The van der Waals surface area contributed by atoms with E-state index in [9.17, 15) is 14.7 Å². The Morgan fingerprint density at radius 1 is 0.771 bits per heavy atom. The van der Waals surface area contributed by atoms with Gasteiger partial charge in [0.25, 0.3) is 11.7 Å². The Balaban J connectivity index is 1.82. The van der Waals surface area contributed by atoms with E-state index in [4.69, 9.17) is 9.47 Å². The lowest BCUT2D eigenvalue weighted by Gasteiger charge is -2.25. The standard InChI is InChI=1S/C29H29NO5/c1-18(2)34-23-14-10-20(11-15-23)26-25(27(31)21-12-16-24(17-13-21)35-19(3)4)28(32)29(33)30(26)22-8-6-5-7-9-22/h5-19,26,31H,1-4H3/b27-25+. The Kier molecular flexibility index (Phi) is 6.92. The van der Waals surface area contributed by atoms with Crippen molar-refractivity contribution in [3.05, 3.63) is 95.6 Å². The lowest BCUT2D eigenvalue weighted by molar-refractivity contribution is -0.132. The summed E-state index contributed by atoms with van der Waals surface area (Å²) in [5.74, 6) is -0.323. The zero-order chi connectivity index (χ0) is 25.1. The minimum Gasteiger partial charge on any atom is -0.507 e. The second-order valence-corrected chi connectivity index (χ2v) is 8.93. The first kappa shape index (κ1) is 24.1. The molecule has 0 bridgehead atoms. The largest absolute Gasteiger partial charge is 0.507 e. The van der Waals surface area contributed by atoms with Gasteiger partial charge in [-0.3, -0.25) is 14.5 Å². The van der Waals surface area contributed by atoms with Gasteiger partial charge in [-0.05, 0) is 81.8 Å². The number of aliphatic hydroxyl groups excluding tert-OH is 1. The Morgan fingerprint density at radius 3 is 1.80 bits per heavy atom. The summed E-state index contributed by atoms with van der Waals surface area (Å²) in [6.07, 6.45) is 0.0201. The van der Waals surface area contributed by atoms with Crippen LogP contribution in [0.3, 0.4) is 0 Å². The average Bonchev–Trinajstić information content (AvgIpc) is 3.10. The smallest absolute Gasteiger partial charge is 0.300 e. The first-order valence-corrected chi connectivity index (χ1v) is 11.7. The van der Waals surface area contributed by atoms with E-state index in [0.717, 1.165) is 0 Å². The molecule has 6 nitrogen and oxygen atoms in total. The summed E-state index contributed by atoms with van der Waals surface area (Å²) in [5.41, 5.74) is 1.72. The van der Waals surface area contributed by atoms with Crippen LogP contribution in [0, 0.1) is 0 Å². The van der Waals surface area contributed by atoms with Gasteiger partial charge >= 0.3 is 0 Å². The molecule has 0 aromatic heterocycles. The van der Waals surface area contributed by atoms with Crippen molar-refractivity contribution in [3.63, 3.8) is 0 Å². The molecule has 1 amide bonds. The summed E-state index contributed by atoms with van der Waals surface area (Å²) in [7, 11) is 0. The van der Waals surface area contributed by atoms with Crippen LogP contribution in [0.1, 0.15) is 44.9 Å². The van der Waals surface area contributed by atoms with E-state index in [0.29, 0.717) is 28.3 Å². The molecule has 4 rings (SSSR count). The topological polar surface area (TPSA) is 76.1 Å². The number of anilines is 1. The van der Waals surface area contributed by atoms with Crippen LogP contribution in [0.2, 0.25) is 0 Å². The summed E-state index contributed by atoms with van der Waals surface area (Å²) in [5, 5.41) is 11.3. The molecule has 3 aromatic rings. The maximum absolute atomic E-state index is 13.3. The second-order valence-electron chi connectivity index (χ2n) is 8.93. The SMILES string of the molecule is CC(C)Oc1ccc(/C(O)=C2\C(=O)C(=O)N(c3ccccc3)C2c2ccc(OC(C)C)cc2)cc1. The van der Waals surface area contributed by atoms with Crippen molar-refractivity contribution in [3.8, 4) is 11.5 Å². The van der Waals surface area contributed by atoms with Gasteiger partial charge in [-0.25, -0.2) is 0 Å². The maximum Gasteiger partial charge on any atom is 0.300 e. The van der Waals surface area contributed by atoms with Crippen molar-refractivity contribution in [2.75, 3.05) is 4.90 Å². The van der Waals surface area contributed by atoms with Gasteiger partial charge in [0.2, 0.25) is 0 Å². The normalized spacial score (nSPS) is 17.3.